The molecule has 3 aromatic rings. The van der Waals surface area contributed by atoms with Crippen LogP contribution in [0.2, 0.25) is 5.15 Å². The summed E-state index contributed by atoms with van der Waals surface area (Å²) in [6.45, 7) is 3.41. The minimum absolute atomic E-state index is 0.0155. The molecule has 120 valence electrons. The van der Waals surface area contributed by atoms with Crippen molar-refractivity contribution >= 4 is 44.4 Å². The van der Waals surface area contributed by atoms with Crippen LogP contribution < -0.4 is 0 Å². The van der Waals surface area contributed by atoms with Gasteiger partial charge < -0.3 is 0 Å². The number of benzene rings is 1. The topological polar surface area (TPSA) is 77.7 Å². The number of nitrogens with zero attached hydrogens (tertiary/aromatic N) is 4. The fraction of sp³-hybridized carbons (Fsp3) is 0.214. The van der Waals surface area contributed by atoms with Gasteiger partial charge in [0.05, 0.1) is 4.90 Å². The van der Waals surface area contributed by atoms with Crippen molar-refractivity contribution in [2.24, 2.45) is 0 Å². The smallest absolute Gasteiger partial charge is 0.227 e. The minimum atomic E-state index is -3.80. The van der Waals surface area contributed by atoms with Crippen LogP contribution in [0.3, 0.4) is 0 Å². The molecule has 0 radical (unpaired) electrons. The van der Waals surface area contributed by atoms with Crippen LogP contribution in [0.25, 0.3) is 11.0 Å². The first-order chi connectivity index (χ1) is 10.9. The van der Waals surface area contributed by atoms with Crippen molar-refractivity contribution in [3.63, 3.8) is 0 Å². The maximum absolute atomic E-state index is 13.2. The standard InChI is InChI=1S/C14H13ClN4O2S2/c1-8-6-4-5-7-10(8)23(20,21)14-12-11(18-19(14)22-3)13(15)17-9(2)16-12/h4-7H,1-3H3. The van der Waals surface area contributed by atoms with E-state index in [1.807, 2.05) is 0 Å². The summed E-state index contributed by atoms with van der Waals surface area (Å²) < 4.78 is 27.6. The number of hydrogen-bond acceptors (Lipinski definition) is 6. The summed E-state index contributed by atoms with van der Waals surface area (Å²) in [6.07, 6.45) is 1.73. The largest absolute Gasteiger partial charge is 0.228 e. The third kappa shape index (κ3) is 2.60. The van der Waals surface area contributed by atoms with Crippen LogP contribution in [0.15, 0.2) is 34.2 Å². The zero-order chi connectivity index (χ0) is 16.8. The second-order valence-electron chi connectivity index (χ2n) is 4.89. The molecule has 0 bridgehead atoms. The second-order valence-corrected chi connectivity index (χ2v) is 7.79. The third-order valence-electron chi connectivity index (χ3n) is 3.33. The van der Waals surface area contributed by atoms with E-state index >= 15 is 0 Å². The van der Waals surface area contributed by atoms with E-state index in [0.29, 0.717) is 11.4 Å². The fourth-order valence-electron chi connectivity index (χ4n) is 2.31. The number of sulfone groups is 1. The molecule has 2 heterocycles. The molecule has 0 spiro atoms. The Morgan fingerprint density at radius 1 is 1.13 bits per heavy atom. The molecule has 0 aliphatic heterocycles. The van der Waals surface area contributed by atoms with Gasteiger partial charge in [-0.1, -0.05) is 29.8 Å². The van der Waals surface area contributed by atoms with E-state index in [1.165, 1.54) is 4.09 Å². The van der Waals surface area contributed by atoms with Gasteiger partial charge in [-0.25, -0.2) is 18.4 Å². The van der Waals surface area contributed by atoms with Crippen LogP contribution in [0.1, 0.15) is 11.4 Å². The molecule has 0 unspecified atom stereocenters. The van der Waals surface area contributed by atoms with Crippen molar-refractivity contribution in [2.75, 3.05) is 6.26 Å². The van der Waals surface area contributed by atoms with Gasteiger partial charge in [-0.3, -0.25) is 0 Å². The number of aromatic nitrogens is 4. The van der Waals surface area contributed by atoms with Gasteiger partial charge in [0.25, 0.3) is 0 Å². The molecule has 0 saturated carbocycles. The number of halogens is 1. The van der Waals surface area contributed by atoms with Gasteiger partial charge in [-0.15, -0.1) is 0 Å². The second kappa shape index (κ2) is 5.77. The maximum Gasteiger partial charge on any atom is 0.227 e. The van der Waals surface area contributed by atoms with Crippen LogP contribution >= 0.6 is 23.5 Å². The van der Waals surface area contributed by atoms with E-state index in [0.717, 1.165) is 11.9 Å². The van der Waals surface area contributed by atoms with Gasteiger partial charge in [-0.2, -0.15) is 9.19 Å². The molecule has 0 amide bonds. The number of rotatable bonds is 3. The van der Waals surface area contributed by atoms with Crippen LogP contribution in [-0.4, -0.2) is 33.8 Å². The molecule has 0 fully saturated rings. The molecule has 0 N–H and O–H groups in total. The molecule has 2 aromatic heterocycles. The molecular formula is C14H13ClN4O2S2. The number of fused-ring (bicyclic) bond motifs is 1. The molecular weight excluding hydrogens is 356 g/mol. The van der Waals surface area contributed by atoms with Crippen molar-refractivity contribution in [3.8, 4) is 0 Å². The highest BCUT2D eigenvalue weighted by molar-refractivity contribution is 7.98. The SMILES string of the molecule is CSn1nc2c(Cl)nc(C)nc2c1S(=O)(=O)c1ccccc1C. The summed E-state index contributed by atoms with van der Waals surface area (Å²) in [7, 11) is -3.80. The van der Waals surface area contributed by atoms with Crippen molar-refractivity contribution in [3.05, 3.63) is 40.8 Å². The Kier molecular flexibility index (Phi) is 4.07. The van der Waals surface area contributed by atoms with E-state index < -0.39 is 9.84 Å². The van der Waals surface area contributed by atoms with Gasteiger partial charge >= 0.3 is 0 Å². The van der Waals surface area contributed by atoms with Crippen molar-refractivity contribution < 1.29 is 8.42 Å². The normalized spacial score (nSPS) is 12.0. The van der Waals surface area contributed by atoms with E-state index in [1.54, 1.807) is 44.4 Å². The highest BCUT2D eigenvalue weighted by Crippen LogP contribution is 2.32. The van der Waals surface area contributed by atoms with E-state index in [4.69, 9.17) is 11.6 Å². The van der Waals surface area contributed by atoms with Crippen LogP contribution in [0.5, 0.6) is 0 Å². The molecule has 23 heavy (non-hydrogen) atoms. The molecule has 0 atom stereocenters. The lowest BCUT2D eigenvalue weighted by molar-refractivity contribution is 0.590. The zero-order valence-electron chi connectivity index (χ0n) is 12.6. The molecule has 0 aliphatic rings. The Morgan fingerprint density at radius 2 is 1.83 bits per heavy atom. The van der Waals surface area contributed by atoms with Gasteiger partial charge in [0.15, 0.2) is 15.7 Å². The van der Waals surface area contributed by atoms with Crippen molar-refractivity contribution in [2.45, 2.75) is 23.8 Å². The lowest BCUT2D eigenvalue weighted by atomic mass is 10.2. The van der Waals surface area contributed by atoms with Gasteiger partial charge in [0, 0.05) is 6.26 Å². The highest BCUT2D eigenvalue weighted by Gasteiger charge is 2.30. The summed E-state index contributed by atoms with van der Waals surface area (Å²) >= 11 is 7.26. The summed E-state index contributed by atoms with van der Waals surface area (Å²) in [6, 6.07) is 6.81. The van der Waals surface area contributed by atoms with Gasteiger partial charge in [0.2, 0.25) is 9.84 Å². The summed E-state index contributed by atoms with van der Waals surface area (Å²) in [5.41, 5.74) is 1.17. The predicted molar refractivity (Wildman–Crippen MR) is 90.6 cm³/mol. The average Bonchev–Trinajstić information content (AvgIpc) is 2.87. The third-order valence-corrected chi connectivity index (χ3v) is 6.23. The number of hydrogen-bond donors (Lipinski definition) is 0. The van der Waals surface area contributed by atoms with E-state index in [-0.39, 0.29) is 26.1 Å². The van der Waals surface area contributed by atoms with Crippen molar-refractivity contribution in [1.29, 1.82) is 0 Å². The number of aryl methyl sites for hydroxylation is 2. The summed E-state index contributed by atoms with van der Waals surface area (Å²) in [5, 5.41) is 4.39. The summed E-state index contributed by atoms with van der Waals surface area (Å²) in [4.78, 5) is 8.52. The van der Waals surface area contributed by atoms with E-state index in [2.05, 4.69) is 15.1 Å². The van der Waals surface area contributed by atoms with Crippen LogP contribution in [0.4, 0.5) is 0 Å². The predicted octanol–water partition coefficient (Wildman–Crippen LogP) is 3.06. The average molecular weight is 369 g/mol. The molecule has 1 aromatic carbocycles. The Hall–Kier alpha value is -1.64. The molecule has 6 nitrogen and oxygen atoms in total. The lowest BCUT2D eigenvalue weighted by Gasteiger charge is -2.08. The Labute approximate surface area is 142 Å². The lowest BCUT2D eigenvalue weighted by Crippen LogP contribution is -2.09. The molecule has 9 heteroatoms. The quantitative estimate of drug-likeness (QED) is 0.661. The van der Waals surface area contributed by atoms with E-state index in [9.17, 15) is 8.42 Å². The first-order valence-corrected chi connectivity index (χ1v) is 9.68. The maximum atomic E-state index is 13.2. The fourth-order valence-corrected chi connectivity index (χ4v) is 5.10. The highest BCUT2D eigenvalue weighted by atomic mass is 35.5. The van der Waals surface area contributed by atoms with Crippen LogP contribution in [-0.2, 0) is 9.84 Å². The summed E-state index contributed by atoms with van der Waals surface area (Å²) in [5.74, 6) is 0.393. The Balaban J connectivity index is 2.42. The first kappa shape index (κ1) is 16.2. The zero-order valence-corrected chi connectivity index (χ0v) is 15.0. The van der Waals surface area contributed by atoms with Gasteiger partial charge in [-0.05, 0) is 37.4 Å². The van der Waals surface area contributed by atoms with Crippen LogP contribution in [0, 0.1) is 13.8 Å². The monoisotopic (exact) mass is 368 g/mol. The molecule has 3 rings (SSSR count). The molecule has 0 saturated heterocycles. The van der Waals surface area contributed by atoms with Gasteiger partial charge in [0.1, 0.15) is 11.3 Å². The molecule has 0 aliphatic carbocycles. The minimum Gasteiger partial charge on any atom is -0.228 e. The first-order valence-electron chi connectivity index (χ1n) is 6.64. The Bertz CT molecular complexity index is 1020. The van der Waals surface area contributed by atoms with Crippen molar-refractivity contribution in [1.82, 2.24) is 19.2 Å². The Morgan fingerprint density at radius 3 is 2.48 bits per heavy atom.